The zero-order valence-corrected chi connectivity index (χ0v) is 13.6. The fraction of sp³-hybridized carbons (Fsp3) is 0.571. The Balaban J connectivity index is 2.02. The van der Waals surface area contributed by atoms with E-state index in [1.54, 1.807) is 19.2 Å². The summed E-state index contributed by atoms with van der Waals surface area (Å²) in [5, 5.41) is 9.72. The number of aliphatic hydroxyl groups is 1. The minimum Gasteiger partial charge on any atom is -0.396 e. The Morgan fingerprint density at radius 1 is 1.38 bits per heavy atom. The van der Waals surface area contributed by atoms with Gasteiger partial charge in [-0.15, -0.1) is 0 Å². The molecule has 0 aliphatic carbocycles. The molecule has 5 nitrogen and oxygen atoms in total. The molecule has 1 N–H and O–H groups in total. The summed E-state index contributed by atoms with van der Waals surface area (Å²) in [5.41, 5.74) is 0.860. The van der Waals surface area contributed by atoms with Crippen LogP contribution in [0.4, 0.5) is 0 Å². The Morgan fingerprint density at radius 3 is 2.62 bits per heavy atom. The van der Waals surface area contributed by atoms with Crippen LogP contribution in [0.2, 0.25) is 5.02 Å². The number of halogens is 1. The SMILES string of the molecule is CN(Cc1cccc(Cl)c1)S(=O)(=O)N1CCC(CO)CC1. The molecule has 0 radical (unpaired) electrons. The molecule has 0 bridgehead atoms. The molecule has 118 valence electrons. The molecule has 0 amide bonds. The van der Waals surface area contributed by atoms with Gasteiger partial charge in [0.2, 0.25) is 0 Å². The van der Waals surface area contributed by atoms with Gasteiger partial charge >= 0.3 is 0 Å². The molecule has 1 fully saturated rings. The van der Waals surface area contributed by atoms with Crippen molar-refractivity contribution in [3.05, 3.63) is 34.9 Å². The van der Waals surface area contributed by atoms with Gasteiger partial charge in [-0.3, -0.25) is 0 Å². The van der Waals surface area contributed by atoms with Crippen molar-refractivity contribution < 1.29 is 13.5 Å². The van der Waals surface area contributed by atoms with Crippen LogP contribution < -0.4 is 0 Å². The summed E-state index contributed by atoms with van der Waals surface area (Å²) in [6.45, 7) is 1.36. The Bertz CT molecular complexity index is 571. The largest absolute Gasteiger partial charge is 0.396 e. The van der Waals surface area contributed by atoms with Gasteiger partial charge < -0.3 is 5.11 Å². The van der Waals surface area contributed by atoms with Gasteiger partial charge in [0.1, 0.15) is 0 Å². The molecule has 1 saturated heterocycles. The average molecular weight is 333 g/mol. The van der Waals surface area contributed by atoms with Gasteiger partial charge in [0, 0.05) is 38.3 Å². The maximum Gasteiger partial charge on any atom is 0.282 e. The minimum absolute atomic E-state index is 0.131. The summed E-state index contributed by atoms with van der Waals surface area (Å²) in [6, 6.07) is 7.20. The van der Waals surface area contributed by atoms with E-state index in [4.69, 9.17) is 16.7 Å². The number of aliphatic hydroxyl groups excluding tert-OH is 1. The topological polar surface area (TPSA) is 60.9 Å². The van der Waals surface area contributed by atoms with Crippen molar-refractivity contribution in [3.63, 3.8) is 0 Å². The third-order valence-corrected chi connectivity index (χ3v) is 6.02. The van der Waals surface area contributed by atoms with E-state index in [0.29, 0.717) is 37.5 Å². The highest BCUT2D eigenvalue weighted by atomic mass is 35.5. The van der Waals surface area contributed by atoms with Crippen LogP contribution in [0.3, 0.4) is 0 Å². The maximum atomic E-state index is 12.5. The smallest absolute Gasteiger partial charge is 0.282 e. The molecule has 1 aromatic rings. The summed E-state index contributed by atoms with van der Waals surface area (Å²) in [6.07, 6.45) is 1.42. The van der Waals surface area contributed by atoms with E-state index in [9.17, 15) is 8.42 Å². The number of piperidine rings is 1. The van der Waals surface area contributed by atoms with Crippen molar-refractivity contribution >= 4 is 21.8 Å². The normalized spacial score (nSPS) is 18.3. The highest BCUT2D eigenvalue weighted by molar-refractivity contribution is 7.86. The second-order valence-electron chi connectivity index (χ2n) is 5.42. The maximum absolute atomic E-state index is 12.5. The zero-order chi connectivity index (χ0) is 15.5. The highest BCUT2D eigenvalue weighted by Gasteiger charge is 2.30. The lowest BCUT2D eigenvalue weighted by Crippen LogP contribution is -2.45. The van der Waals surface area contributed by atoms with E-state index in [0.717, 1.165) is 5.56 Å². The van der Waals surface area contributed by atoms with Crippen LogP contribution in [0.15, 0.2) is 24.3 Å². The Hall–Kier alpha value is -0.660. The number of benzene rings is 1. The Kier molecular flexibility index (Phi) is 5.62. The monoisotopic (exact) mass is 332 g/mol. The second kappa shape index (κ2) is 7.07. The molecule has 0 atom stereocenters. The third-order valence-electron chi connectivity index (χ3n) is 3.85. The third kappa shape index (κ3) is 4.17. The lowest BCUT2D eigenvalue weighted by molar-refractivity contribution is 0.166. The first-order valence-electron chi connectivity index (χ1n) is 7.00. The van der Waals surface area contributed by atoms with Gasteiger partial charge in [-0.1, -0.05) is 23.7 Å². The summed E-state index contributed by atoms with van der Waals surface area (Å²) >= 11 is 5.92. The number of nitrogens with zero attached hydrogens (tertiary/aromatic N) is 2. The molecular formula is C14H21ClN2O3S. The van der Waals surface area contributed by atoms with E-state index in [1.165, 1.54) is 8.61 Å². The Labute approximate surface area is 131 Å². The predicted molar refractivity (Wildman–Crippen MR) is 83.2 cm³/mol. The predicted octanol–water partition coefficient (Wildman–Crippen LogP) is 1.72. The van der Waals surface area contributed by atoms with Crippen molar-refractivity contribution in [1.82, 2.24) is 8.61 Å². The van der Waals surface area contributed by atoms with Crippen LogP contribution >= 0.6 is 11.6 Å². The van der Waals surface area contributed by atoms with Gasteiger partial charge in [0.05, 0.1) is 0 Å². The zero-order valence-electron chi connectivity index (χ0n) is 12.1. The standard InChI is InChI=1S/C14H21ClN2O3S/c1-16(10-13-3-2-4-14(15)9-13)21(19,20)17-7-5-12(11-18)6-8-17/h2-4,9,12,18H,5-8,10-11H2,1H3. The van der Waals surface area contributed by atoms with E-state index in [-0.39, 0.29) is 12.5 Å². The molecule has 1 aromatic carbocycles. The van der Waals surface area contributed by atoms with Crippen molar-refractivity contribution in [1.29, 1.82) is 0 Å². The van der Waals surface area contributed by atoms with Crippen LogP contribution in [0.25, 0.3) is 0 Å². The van der Waals surface area contributed by atoms with E-state index >= 15 is 0 Å². The van der Waals surface area contributed by atoms with E-state index in [2.05, 4.69) is 0 Å². The minimum atomic E-state index is -3.46. The molecule has 0 saturated carbocycles. The van der Waals surface area contributed by atoms with Crippen molar-refractivity contribution in [2.24, 2.45) is 5.92 Å². The lowest BCUT2D eigenvalue weighted by atomic mass is 10.00. The molecule has 1 heterocycles. The van der Waals surface area contributed by atoms with Gasteiger partial charge in [-0.05, 0) is 36.5 Å². The lowest BCUT2D eigenvalue weighted by Gasteiger charge is -2.33. The molecule has 1 aliphatic heterocycles. The van der Waals surface area contributed by atoms with Crippen molar-refractivity contribution in [3.8, 4) is 0 Å². The van der Waals surface area contributed by atoms with Crippen molar-refractivity contribution in [2.75, 3.05) is 26.7 Å². The quantitative estimate of drug-likeness (QED) is 0.893. The average Bonchev–Trinajstić information content (AvgIpc) is 2.47. The van der Waals surface area contributed by atoms with E-state index < -0.39 is 10.2 Å². The first kappa shape index (κ1) is 16.7. The summed E-state index contributed by atoms with van der Waals surface area (Å²) in [5.74, 6) is 0.217. The van der Waals surface area contributed by atoms with Crippen LogP contribution in [-0.4, -0.2) is 48.9 Å². The molecule has 21 heavy (non-hydrogen) atoms. The number of hydrogen-bond donors (Lipinski definition) is 1. The van der Waals surface area contributed by atoms with Crippen LogP contribution in [0, 0.1) is 5.92 Å². The number of hydrogen-bond acceptors (Lipinski definition) is 3. The van der Waals surface area contributed by atoms with Crippen LogP contribution in [0.1, 0.15) is 18.4 Å². The van der Waals surface area contributed by atoms with Gasteiger partial charge in [-0.25, -0.2) is 0 Å². The van der Waals surface area contributed by atoms with Crippen LogP contribution in [-0.2, 0) is 16.8 Å². The fourth-order valence-electron chi connectivity index (χ4n) is 2.49. The van der Waals surface area contributed by atoms with Gasteiger partial charge in [-0.2, -0.15) is 17.0 Å². The summed E-state index contributed by atoms with van der Waals surface area (Å²) in [4.78, 5) is 0. The molecule has 2 rings (SSSR count). The molecule has 7 heteroatoms. The van der Waals surface area contributed by atoms with Gasteiger partial charge in [0.15, 0.2) is 0 Å². The first-order chi connectivity index (χ1) is 9.93. The van der Waals surface area contributed by atoms with E-state index in [1.807, 2.05) is 12.1 Å². The molecule has 0 unspecified atom stereocenters. The molecular weight excluding hydrogens is 312 g/mol. The summed E-state index contributed by atoms with van der Waals surface area (Å²) in [7, 11) is -1.89. The summed E-state index contributed by atoms with van der Waals surface area (Å²) < 4.78 is 27.9. The highest BCUT2D eigenvalue weighted by Crippen LogP contribution is 2.21. The number of rotatable bonds is 5. The molecule has 0 aromatic heterocycles. The molecule has 0 spiro atoms. The Morgan fingerprint density at radius 2 is 2.05 bits per heavy atom. The fourth-order valence-corrected chi connectivity index (χ4v) is 4.09. The molecule has 1 aliphatic rings. The van der Waals surface area contributed by atoms with Crippen molar-refractivity contribution in [2.45, 2.75) is 19.4 Å². The van der Waals surface area contributed by atoms with Crippen LogP contribution in [0.5, 0.6) is 0 Å². The van der Waals surface area contributed by atoms with Gasteiger partial charge in [0.25, 0.3) is 10.2 Å². The second-order valence-corrected chi connectivity index (χ2v) is 7.89. The first-order valence-corrected chi connectivity index (χ1v) is 8.77.